The molecule has 620 valence electrons. The smallest absolute Gasteiger partial charge is 0.346 e. The van der Waals surface area contributed by atoms with E-state index in [1.54, 1.807) is 41.4 Å². The van der Waals surface area contributed by atoms with E-state index in [9.17, 15) is 37.2 Å². The zero-order valence-electron chi connectivity index (χ0n) is 63.9. The number of halogens is 1. The van der Waals surface area contributed by atoms with Crippen LogP contribution in [0, 0.1) is 17.8 Å². The van der Waals surface area contributed by atoms with Crippen molar-refractivity contribution in [3.8, 4) is 0 Å². The minimum absolute atomic E-state index is 0. The highest BCUT2D eigenvalue weighted by Crippen LogP contribution is 2.42. The first kappa shape index (κ1) is 109. The molecular weight excluding hydrogens is 1610 g/mol. The Morgan fingerprint density at radius 3 is 1.27 bits per heavy atom. The zero-order chi connectivity index (χ0) is 78.7. The Morgan fingerprint density at radius 2 is 0.876 bits per heavy atom. The first-order valence-electron chi connectivity index (χ1n) is 35.2. The average Bonchev–Trinajstić information content (AvgIpc) is 1.65. The maximum atomic E-state index is 12.8. The largest absolute Gasteiger partial charge is 0.477 e. The first-order valence-corrected chi connectivity index (χ1v) is 42.9. The summed E-state index contributed by atoms with van der Waals surface area (Å²) in [6.07, 6.45) is 0.972. The molecule has 4 N–H and O–H groups in total. The van der Waals surface area contributed by atoms with Crippen LogP contribution in [0.1, 0.15) is 257 Å². The number of anilines is 2. The second-order valence-corrected chi connectivity index (χ2v) is 35.7. The maximum absolute atomic E-state index is 12.8. The van der Waals surface area contributed by atoms with Crippen LogP contribution in [-0.2, 0) is 29.1 Å². The molecular formula is C93H129BrN2O10S7. The van der Waals surface area contributed by atoms with Crippen molar-refractivity contribution >= 4 is 190 Å². The highest BCUT2D eigenvalue weighted by Gasteiger charge is 2.23. The van der Waals surface area contributed by atoms with Crippen molar-refractivity contribution < 1.29 is 47.0 Å². The Labute approximate surface area is 711 Å². The SMILES string of the molecule is C.C.C.C.C.C.C.CC(=O)C(C)C.CC(C)C(=O)CBr.CC(C)C(=O)CSc1ccccc1.CC(C)c1c(C(=O)O)sc2ccccc12.CC(C)c1c(C=O)sc2ccccc12.CC(C)c1c(N)sc2ccccc12.CC(C)c1csc2ccccc12.COC(=O)c1ccc(S(=O)(=O)Nc2sc3ccccc3c2C(C)C)cc1. The van der Waals surface area contributed by atoms with Gasteiger partial charge in [0.1, 0.15) is 27.2 Å². The number of thiophene rings is 5. The predicted octanol–water partition coefficient (Wildman–Crippen LogP) is 30.1. The Bertz CT molecular complexity index is 4940. The molecule has 0 aliphatic heterocycles. The molecule has 113 heavy (non-hydrogen) atoms. The van der Waals surface area contributed by atoms with Gasteiger partial charge >= 0.3 is 11.9 Å². The molecule has 0 spiro atoms. The van der Waals surface area contributed by atoms with Crippen LogP contribution in [0.4, 0.5) is 10.0 Å². The third-order valence-electron chi connectivity index (χ3n) is 16.5. The van der Waals surface area contributed by atoms with Gasteiger partial charge in [-0.3, -0.25) is 23.9 Å². The number of Topliss-reactive ketones (excluding diaryl/α,β-unsaturated/α-hetero) is 3. The van der Waals surface area contributed by atoms with E-state index in [0.717, 1.165) is 52.4 Å². The van der Waals surface area contributed by atoms with Gasteiger partial charge in [0.25, 0.3) is 10.0 Å². The summed E-state index contributed by atoms with van der Waals surface area (Å²) in [4.78, 5) is 68.0. The van der Waals surface area contributed by atoms with Crippen LogP contribution >= 0.6 is 84.4 Å². The highest BCUT2D eigenvalue weighted by molar-refractivity contribution is 9.09. The van der Waals surface area contributed by atoms with Crippen molar-refractivity contribution in [2.75, 3.05) is 28.6 Å². The summed E-state index contributed by atoms with van der Waals surface area (Å²) < 4.78 is 38.9. The topological polar surface area (TPSA) is 204 Å². The van der Waals surface area contributed by atoms with Gasteiger partial charge in [-0.15, -0.1) is 68.4 Å². The number of carboxylic acids is 1. The van der Waals surface area contributed by atoms with Crippen molar-refractivity contribution in [2.24, 2.45) is 17.8 Å². The first-order chi connectivity index (χ1) is 50.2. The molecule has 0 fully saturated rings. The predicted molar refractivity (Wildman–Crippen MR) is 508 cm³/mol. The molecule has 7 aromatic carbocycles. The number of aromatic carboxylic acids is 1. The molecule has 12 rings (SSSR count). The molecule has 0 aliphatic rings. The number of ether oxygens (including phenoxy) is 1. The van der Waals surface area contributed by atoms with Crippen LogP contribution in [0.3, 0.4) is 0 Å². The number of nitrogens with two attached hydrogens (primary N) is 1. The fraction of sp³-hybridized carbons (Fsp3) is 0.376. The van der Waals surface area contributed by atoms with Crippen LogP contribution in [0.2, 0.25) is 0 Å². The number of carbonyl (C=O) groups excluding carboxylic acids is 5. The number of benzene rings is 7. The molecule has 5 aromatic heterocycles. The molecule has 12 nitrogen and oxygen atoms in total. The monoisotopic (exact) mass is 1740 g/mol. The minimum Gasteiger partial charge on any atom is -0.477 e. The van der Waals surface area contributed by atoms with Crippen molar-refractivity contribution in [1.29, 1.82) is 0 Å². The highest BCUT2D eigenvalue weighted by atomic mass is 79.9. The van der Waals surface area contributed by atoms with E-state index in [4.69, 9.17) is 10.8 Å². The number of nitrogens with one attached hydrogen (secondary N) is 1. The number of aldehydes is 1. The molecule has 0 amide bonds. The number of rotatable bonds is 18. The van der Waals surface area contributed by atoms with Gasteiger partial charge in [0.15, 0.2) is 6.29 Å². The van der Waals surface area contributed by atoms with Crippen LogP contribution in [0.5, 0.6) is 0 Å². The number of methoxy groups -OCH3 is 1. The van der Waals surface area contributed by atoms with Crippen molar-refractivity contribution in [3.63, 3.8) is 0 Å². The lowest BCUT2D eigenvalue weighted by Gasteiger charge is -2.11. The maximum Gasteiger partial charge on any atom is 0.346 e. The van der Waals surface area contributed by atoms with Crippen LogP contribution < -0.4 is 10.5 Å². The number of ketones is 3. The Balaban J connectivity index is -0.00000125. The second kappa shape index (κ2) is 53.5. The van der Waals surface area contributed by atoms with Crippen LogP contribution in [-0.4, -0.2) is 67.3 Å². The van der Waals surface area contributed by atoms with E-state index in [-0.39, 0.29) is 98.0 Å². The van der Waals surface area contributed by atoms with Crippen molar-refractivity contribution in [1.82, 2.24) is 0 Å². The van der Waals surface area contributed by atoms with Crippen molar-refractivity contribution in [2.45, 2.75) is 209 Å². The molecule has 0 radical (unpaired) electrons. The normalized spacial score (nSPS) is 10.3. The third kappa shape index (κ3) is 32.2. The number of hydrogen-bond acceptors (Lipinski definition) is 16. The lowest BCUT2D eigenvalue weighted by atomic mass is 9.99. The quantitative estimate of drug-likeness (QED) is 0.0318. The molecule has 0 unspecified atom stereocenters. The van der Waals surface area contributed by atoms with Crippen molar-refractivity contribution in [3.05, 3.63) is 224 Å². The van der Waals surface area contributed by atoms with Gasteiger partial charge in [-0.2, -0.15) is 0 Å². The number of esters is 1. The number of carbonyl (C=O) groups is 6. The molecule has 20 heteroatoms. The lowest BCUT2D eigenvalue weighted by molar-refractivity contribution is -0.120. The number of sulfonamides is 1. The summed E-state index contributed by atoms with van der Waals surface area (Å²) in [5.41, 5.74) is 12.2. The summed E-state index contributed by atoms with van der Waals surface area (Å²) in [6, 6.07) is 56.6. The molecule has 5 heterocycles. The van der Waals surface area contributed by atoms with Crippen LogP contribution in [0.15, 0.2) is 191 Å². The Morgan fingerprint density at radius 1 is 0.487 bits per heavy atom. The Kier molecular flexibility index (Phi) is 51.8. The van der Waals surface area contributed by atoms with E-state index in [0.29, 0.717) is 50.1 Å². The lowest BCUT2D eigenvalue weighted by Crippen LogP contribution is -2.13. The number of carboxylic acid groups (broad SMARTS) is 1. The molecule has 0 aliphatic carbocycles. The van der Waals surface area contributed by atoms with E-state index in [2.05, 4.69) is 133 Å². The molecule has 0 atom stereocenters. The second-order valence-electron chi connectivity index (χ2n) is 27.2. The molecule has 0 bridgehead atoms. The van der Waals surface area contributed by atoms with E-state index in [1.807, 2.05) is 172 Å². The summed E-state index contributed by atoms with van der Waals surface area (Å²) in [7, 11) is -2.48. The number of nitrogen functional groups attached to an aromatic ring is 1. The molecule has 0 saturated heterocycles. The number of thioether (sulfide) groups is 1. The van der Waals surface area contributed by atoms with Gasteiger partial charge in [0.2, 0.25) is 0 Å². The van der Waals surface area contributed by atoms with Gasteiger partial charge in [-0.1, -0.05) is 288 Å². The van der Waals surface area contributed by atoms with E-state index >= 15 is 0 Å². The van der Waals surface area contributed by atoms with Gasteiger partial charge in [0.05, 0.1) is 38.5 Å². The van der Waals surface area contributed by atoms with E-state index < -0.39 is 22.0 Å². The fourth-order valence-corrected chi connectivity index (χ4v) is 19.3. The number of fused-ring (bicyclic) bond motifs is 5. The van der Waals surface area contributed by atoms with E-state index in [1.165, 1.54) is 101 Å². The Hall–Kier alpha value is -7.66. The third-order valence-corrected chi connectivity index (χ3v) is 25.0. The fourth-order valence-electron chi connectivity index (χ4n) is 10.5. The average molecular weight is 1740 g/mol. The summed E-state index contributed by atoms with van der Waals surface area (Å²) in [5, 5.41) is 19.6. The summed E-state index contributed by atoms with van der Waals surface area (Å²) >= 11 is 12.6. The molecule has 12 aromatic rings. The number of alkyl halides is 1. The van der Waals surface area contributed by atoms with Gasteiger partial charge < -0.3 is 15.6 Å². The van der Waals surface area contributed by atoms with Crippen LogP contribution in [0.25, 0.3) is 50.4 Å². The molecule has 0 saturated carbocycles. The zero-order valence-corrected chi connectivity index (χ0v) is 71.2. The summed E-state index contributed by atoms with van der Waals surface area (Å²) in [6.45, 7) is 34.3. The van der Waals surface area contributed by atoms with Gasteiger partial charge in [0, 0.05) is 46.1 Å². The van der Waals surface area contributed by atoms with Gasteiger partial charge in [-0.05, 0) is 163 Å². The minimum atomic E-state index is -3.76. The van der Waals surface area contributed by atoms with Gasteiger partial charge in [-0.25, -0.2) is 18.0 Å². The number of hydrogen-bond donors (Lipinski definition) is 3. The summed E-state index contributed by atoms with van der Waals surface area (Å²) in [5.74, 6) is 2.61. The standard InChI is InChI=1S/C19H19NO4S2.C12H12O2S.C12H12OS.C11H13NS.C11H14OS.C11H12S.C5H9BrO.C5H10O.7CH4/c1-12(2)17-15-6-4-5-7-16(15)25-18(17)20-26(22,23)14-10-8-13(9-11-14)19(21)24-3;1-7(2)10-8-5-3-4-6-9(8)15-11(10)12(13)14;1-8(2)12-9-5-3-4-6-10(9)14-11(12)7-13;1-7(2)10-8-5-3-4-6-9(8)13-11(10)12;1-9(2)11(12)8-13-10-6-4-3-5-7-10;1-8(2)10-7-12-11-6-4-3-5-9(10)11;1-4(2)5(7)3-6;1-4(2)5(3)6;;;;;;;/h4-12,20H,1-3H3;3-7H,1-2H3,(H,13,14);3-8H,1-2H3;3-7H,12H2,1-2H3;3-7,9H,8H2,1-2H3;3-8H,1-2H3;4H,3H2,1-2H3;4H,1-3H3;7*1H4.